The van der Waals surface area contributed by atoms with E-state index in [-0.39, 0.29) is 0 Å². The summed E-state index contributed by atoms with van der Waals surface area (Å²) in [7, 11) is 0. The van der Waals surface area contributed by atoms with Gasteiger partial charge < -0.3 is 10.1 Å². The standard InChI is InChI=1S/C37H23NOS/c1-3-12-27-24(10-1)25-21-20-23(38-31-15-9-19-35-36(31)26-11-2-8-18-34(26)40-35)22-30(25)37(27)28-13-4-6-16-32(28)39-33-17-7-5-14-29(33)37/h1-22,38H. The highest BCUT2D eigenvalue weighted by atomic mass is 32.1. The van der Waals surface area contributed by atoms with Gasteiger partial charge in [-0.1, -0.05) is 91.0 Å². The molecule has 1 N–H and O–H groups in total. The van der Waals surface area contributed by atoms with Crippen LogP contribution in [0.2, 0.25) is 0 Å². The molecule has 1 spiro atoms. The third-order valence-electron chi connectivity index (χ3n) is 8.53. The van der Waals surface area contributed by atoms with Crippen molar-refractivity contribution in [1.82, 2.24) is 0 Å². The zero-order valence-electron chi connectivity index (χ0n) is 21.5. The Morgan fingerprint density at radius 1 is 0.525 bits per heavy atom. The van der Waals surface area contributed by atoms with E-state index in [1.807, 2.05) is 11.3 Å². The van der Waals surface area contributed by atoms with E-state index in [4.69, 9.17) is 4.74 Å². The van der Waals surface area contributed by atoms with Crippen LogP contribution in [0.15, 0.2) is 133 Å². The van der Waals surface area contributed by atoms with Gasteiger partial charge in [0.1, 0.15) is 11.5 Å². The molecule has 40 heavy (non-hydrogen) atoms. The molecule has 0 radical (unpaired) electrons. The third-order valence-corrected chi connectivity index (χ3v) is 9.66. The average molecular weight is 530 g/mol. The van der Waals surface area contributed by atoms with Crippen LogP contribution in [0.25, 0.3) is 31.3 Å². The number of ether oxygens (including phenoxy) is 1. The SMILES string of the molecule is c1ccc2c(c1)Oc1ccccc1C21c2ccccc2-c2ccc(Nc3cccc4sc5ccccc5c34)cc21. The Morgan fingerprint density at radius 3 is 2.00 bits per heavy atom. The van der Waals surface area contributed by atoms with Crippen LogP contribution in [0.5, 0.6) is 11.5 Å². The minimum absolute atomic E-state index is 0.462. The summed E-state index contributed by atoms with van der Waals surface area (Å²) in [5, 5.41) is 6.40. The third kappa shape index (κ3) is 2.82. The number of thiophene rings is 1. The maximum Gasteiger partial charge on any atom is 0.132 e. The molecule has 0 unspecified atom stereocenters. The molecule has 3 heteroatoms. The molecular formula is C37H23NOS. The van der Waals surface area contributed by atoms with Gasteiger partial charge in [0, 0.05) is 42.7 Å². The first kappa shape index (κ1) is 22.0. The highest BCUT2D eigenvalue weighted by Crippen LogP contribution is 2.62. The normalized spacial score (nSPS) is 13.9. The molecule has 2 aliphatic rings. The molecule has 0 fully saturated rings. The Hall–Kier alpha value is -4.86. The van der Waals surface area contributed by atoms with Gasteiger partial charge in [0.2, 0.25) is 0 Å². The molecule has 2 nitrogen and oxygen atoms in total. The molecule has 2 heterocycles. The summed E-state index contributed by atoms with van der Waals surface area (Å²) in [4.78, 5) is 0. The highest BCUT2D eigenvalue weighted by Gasteiger charge is 2.50. The highest BCUT2D eigenvalue weighted by molar-refractivity contribution is 7.25. The summed E-state index contributed by atoms with van der Waals surface area (Å²) in [6, 6.07) is 48.0. The van der Waals surface area contributed by atoms with Gasteiger partial charge in [0.25, 0.3) is 0 Å². The minimum Gasteiger partial charge on any atom is -0.457 e. The summed E-state index contributed by atoms with van der Waals surface area (Å²) in [6.07, 6.45) is 0. The molecule has 7 aromatic rings. The second kappa shape index (κ2) is 8.08. The van der Waals surface area contributed by atoms with Crippen molar-refractivity contribution in [3.05, 3.63) is 156 Å². The summed E-state index contributed by atoms with van der Waals surface area (Å²) in [5.41, 5.74) is 9.25. The first-order valence-corrected chi connectivity index (χ1v) is 14.4. The monoisotopic (exact) mass is 529 g/mol. The molecule has 0 bridgehead atoms. The number of rotatable bonds is 2. The van der Waals surface area contributed by atoms with Gasteiger partial charge in [-0.05, 0) is 64.7 Å². The number of anilines is 2. The lowest BCUT2D eigenvalue weighted by Crippen LogP contribution is -2.32. The molecule has 9 rings (SSSR count). The molecule has 1 aliphatic heterocycles. The largest absolute Gasteiger partial charge is 0.457 e. The Morgan fingerprint density at radius 2 is 1.18 bits per heavy atom. The molecule has 0 saturated heterocycles. The van der Waals surface area contributed by atoms with Crippen molar-refractivity contribution >= 4 is 42.9 Å². The average Bonchev–Trinajstić information content (AvgIpc) is 3.52. The van der Waals surface area contributed by atoms with Gasteiger partial charge in [-0.15, -0.1) is 11.3 Å². The number of para-hydroxylation sites is 2. The molecule has 0 amide bonds. The van der Waals surface area contributed by atoms with Crippen LogP contribution in [-0.2, 0) is 5.41 Å². The van der Waals surface area contributed by atoms with E-state index in [1.54, 1.807) is 0 Å². The van der Waals surface area contributed by atoms with Crippen molar-refractivity contribution in [2.24, 2.45) is 0 Å². The van der Waals surface area contributed by atoms with E-state index >= 15 is 0 Å². The van der Waals surface area contributed by atoms with Crippen molar-refractivity contribution < 1.29 is 4.74 Å². The van der Waals surface area contributed by atoms with Gasteiger partial charge in [-0.2, -0.15) is 0 Å². The predicted octanol–water partition coefficient (Wildman–Crippen LogP) is 10.3. The number of nitrogens with one attached hydrogen (secondary N) is 1. The van der Waals surface area contributed by atoms with Crippen molar-refractivity contribution in [2.75, 3.05) is 5.32 Å². The number of hydrogen-bond acceptors (Lipinski definition) is 3. The van der Waals surface area contributed by atoms with E-state index in [9.17, 15) is 0 Å². The topological polar surface area (TPSA) is 21.3 Å². The number of fused-ring (bicyclic) bond motifs is 12. The fourth-order valence-electron chi connectivity index (χ4n) is 6.97. The Labute approximate surface area is 236 Å². The summed E-state index contributed by atoms with van der Waals surface area (Å²) >= 11 is 1.85. The van der Waals surface area contributed by atoms with Crippen molar-refractivity contribution in [3.8, 4) is 22.6 Å². The van der Waals surface area contributed by atoms with Gasteiger partial charge in [0.05, 0.1) is 5.41 Å². The van der Waals surface area contributed by atoms with Gasteiger partial charge in [-0.25, -0.2) is 0 Å². The van der Waals surface area contributed by atoms with Crippen LogP contribution in [0, 0.1) is 0 Å². The Kier molecular flexibility index (Phi) is 4.44. The van der Waals surface area contributed by atoms with Crippen LogP contribution < -0.4 is 10.1 Å². The van der Waals surface area contributed by atoms with Crippen molar-refractivity contribution in [3.63, 3.8) is 0 Å². The molecule has 0 saturated carbocycles. The summed E-state index contributed by atoms with van der Waals surface area (Å²) in [6.45, 7) is 0. The van der Waals surface area contributed by atoms with Crippen LogP contribution in [0.1, 0.15) is 22.3 Å². The zero-order chi connectivity index (χ0) is 26.3. The number of hydrogen-bond donors (Lipinski definition) is 1. The lowest BCUT2D eigenvalue weighted by molar-refractivity contribution is 0.436. The summed E-state index contributed by atoms with van der Waals surface area (Å²) in [5.74, 6) is 1.83. The van der Waals surface area contributed by atoms with Crippen molar-refractivity contribution in [2.45, 2.75) is 5.41 Å². The van der Waals surface area contributed by atoms with Gasteiger partial charge in [0.15, 0.2) is 0 Å². The maximum atomic E-state index is 6.49. The van der Waals surface area contributed by atoms with E-state index in [0.717, 1.165) is 22.9 Å². The van der Waals surface area contributed by atoms with E-state index < -0.39 is 5.41 Å². The quantitative estimate of drug-likeness (QED) is 0.240. The predicted molar refractivity (Wildman–Crippen MR) is 166 cm³/mol. The first-order valence-electron chi connectivity index (χ1n) is 13.6. The molecular weight excluding hydrogens is 506 g/mol. The van der Waals surface area contributed by atoms with Crippen LogP contribution in [0.4, 0.5) is 11.4 Å². The van der Waals surface area contributed by atoms with Crippen molar-refractivity contribution in [1.29, 1.82) is 0 Å². The van der Waals surface area contributed by atoms with Crippen LogP contribution in [-0.4, -0.2) is 0 Å². The Balaban J connectivity index is 1.31. The smallest absolute Gasteiger partial charge is 0.132 e. The molecule has 1 aromatic heterocycles. The lowest BCUT2D eigenvalue weighted by Gasteiger charge is -2.39. The second-order valence-electron chi connectivity index (χ2n) is 10.6. The minimum atomic E-state index is -0.462. The molecule has 188 valence electrons. The second-order valence-corrected chi connectivity index (χ2v) is 11.6. The molecule has 0 atom stereocenters. The Bertz CT molecular complexity index is 2090. The molecule has 6 aromatic carbocycles. The van der Waals surface area contributed by atoms with Gasteiger partial charge >= 0.3 is 0 Å². The van der Waals surface area contributed by atoms with E-state index in [1.165, 1.54) is 53.6 Å². The van der Waals surface area contributed by atoms with E-state index in [0.29, 0.717) is 0 Å². The van der Waals surface area contributed by atoms with Crippen LogP contribution in [0.3, 0.4) is 0 Å². The summed E-state index contributed by atoms with van der Waals surface area (Å²) < 4.78 is 9.09. The first-order chi connectivity index (χ1) is 19.8. The number of benzene rings is 6. The fraction of sp³-hybridized carbons (Fsp3) is 0.0270. The van der Waals surface area contributed by atoms with Gasteiger partial charge in [-0.3, -0.25) is 0 Å². The van der Waals surface area contributed by atoms with E-state index in [2.05, 4.69) is 139 Å². The lowest BCUT2D eigenvalue weighted by atomic mass is 9.66. The molecule has 1 aliphatic carbocycles. The van der Waals surface area contributed by atoms with Crippen LogP contribution >= 0.6 is 11.3 Å². The maximum absolute atomic E-state index is 6.49. The fourth-order valence-corrected chi connectivity index (χ4v) is 8.10. The zero-order valence-corrected chi connectivity index (χ0v) is 22.3.